The fourth-order valence-corrected chi connectivity index (χ4v) is 6.61. The summed E-state index contributed by atoms with van der Waals surface area (Å²) in [4.78, 5) is 18.7. The molecule has 1 heterocycles. The predicted octanol–water partition coefficient (Wildman–Crippen LogP) is 3.55. The summed E-state index contributed by atoms with van der Waals surface area (Å²) in [6.07, 6.45) is 1.60. The molecule has 1 aliphatic heterocycles. The van der Waals surface area contributed by atoms with E-state index in [-0.39, 0.29) is 39.9 Å². The molecule has 0 spiro atoms. The fraction of sp³-hybridized carbons (Fsp3) is 0.391. The maximum Gasteiger partial charge on any atom is 0.246 e. The van der Waals surface area contributed by atoms with Crippen molar-refractivity contribution in [2.45, 2.75) is 36.7 Å². The first-order chi connectivity index (χ1) is 15.8. The van der Waals surface area contributed by atoms with Gasteiger partial charge in [-0.1, -0.05) is 53.5 Å². The van der Waals surface area contributed by atoms with Crippen molar-refractivity contribution in [3.05, 3.63) is 63.6 Å². The molecular formula is C23H26Cl2N4O3S. The number of carbonyl (C=O) groups excluding carboxylic acids is 1. The summed E-state index contributed by atoms with van der Waals surface area (Å²) in [5.74, 6) is 0.762. The average Bonchev–Trinajstić information content (AvgIpc) is 3.45. The number of halogens is 2. The van der Waals surface area contributed by atoms with Gasteiger partial charge >= 0.3 is 0 Å². The molecule has 7 nitrogen and oxygen atoms in total. The number of benzene rings is 2. The van der Waals surface area contributed by atoms with Gasteiger partial charge in [-0.15, -0.1) is 0 Å². The molecule has 0 unspecified atom stereocenters. The van der Waals surface area contributed by atoms with Gasteiger partial charge in [0.15, 0.2) is 0 Å². The van der Waals surface area contributed by atoms with E-state index in [1.54, 1.807) is 18.0 Å². The van der Waals surface area contributed by atoms with Crippen molar-refractivity contribution >= 4 is 45.0 Å². The Balaban J connectivity index is 1.39. The van der Waals surface area contributed by atoms with Gasteiger partial charge in [-0.25, -0.2) is 8.42 Å². The fourth-order valence-electron chi connectivity index (χ4n) is 3.83. The summed E-state index contributed by atoms with van der Waals surface area (Å²) in [5.41, 5.74) is 2.01. The van der Waals surface area contributed by atoms with Crippen LogP contribution in [0.1, 0.15) is 30.4 Å². The highest BCUT2D eigenvalue weighted by Gasteiger charge is 2.40. The molecule has 1 fully saturated rings. The van der Waals surface area contributed by atoms with Gasteiger partial charge < -0.3 is 10.2 Å². The lowest BCUT2D eigenvalue weighted by Gasteiger charge is -2.24. The normalized spacial score (nSPS) is 15.9. The van der Waals surface area contributed by atoms with Crippen LogP contribution in [0.25, 0.3) is 0 Å². The molecular weight excluding hydrogens is 483 g/mol. The topological polar surface area (TPSA) is 82.1 Å². The maximum absolute atomic E-state index is 13.3. The largest absolute Gasteiger partial charge is 0.368 e. The van der Waals surface area contributed by atoms with Gasteiger partial charge in [0.05, 0.1) is 16.6 Å². The van der Waals surface area contributed by atoms with E-state index in [0.29, 0.717) is 6.54 Å². The van der Waals surface area contributed by atoms with Crippen molar-refractivity contribution in [2.24, 2.45) is 4.99 Å². The van der Waals surface area contributed by atoms with Gasteiger partial charge in [-0.05, 0) is 30.5 Å². The van der Waals surface area contributed by atoms with Crippen LogP contribution < -0.4 is 5.32 Å². The van der Waals surface area contributed by atoms with Crippen LogP contribution in [0.5, 0.6) is 0 Å². The minimum Gasteiger partial charge on any atom is -0.368 e. The Bertz CT molecular complexity index is 1140. The molecule has 0 radical (unpaired) electrons. The van der Waals surface area contributed by atoms with Crippen molar-refractivity contribution in [1.29, 1.82) is 0 Å². The second-order valence-electron chi connectivity index (χ2n) is 8.25. The summed E-state index contributed by atoms with van der Waals surface area (Å²) in [7, 11) is -2.19. The van der Waals surface area contributed by atoms with E-state index in [2.05, 4.69) is 10.3 Å². The molecule has 4 rings (SSSR count). The summed E-state index contributed by atoms with van der Waals surface area (Å²) in [6, 6.07) is 12.4. The highest BCUT2D eigenvalue weighted by Crippen LogP contribution is 2.37. The van der Waals surface area contributed by atoms with Crippen molar-refractivity contribution in [2.75, 3.05) is 26.7 Å². The number of rotatable bonds is 9. The van der Waals surface area contributed by atoms with E-state index in [0.717, 1.165) is 42.9 Å². The van der Waals surface area contributed by atoms with Crippen LogP contribution in [0.15, 0.2) is 52.4 Å². The SMILES string of the molecule is CN(Cc1ccc(C2=NCCN2)cc1)C(=O)CCN(C1CC1)S(=O)(=O)c1c(Cl)cccc1Cl. The Morgan fingerprint density at radius 2 is 1.79 bits per heavy atom. The van der Waals surface area contributed by atoms with Gasteiger partial charge in [0.1, 0.15) is 10.7 Å². The zero-order valence-electron chi connectivity index (χ0n) is 18.3. The first kappa shape index (κ1) is 24.0. The van der Waals surface area contributed by atoms with Crippen molar-refractivity contribution < 1.29 is 13.2 Å². The number of sulfonamides is 1. The molecule has 2 aromatic carbocycles. The summed E-state index contributed by atoms with van der Waals surface area (Å²) in [6.45, 7) is 2.16. The molecule has 0 atom stereocenters. The second kappa shape index (κ2) is 10.0. The number of aliphatic imine (C=N–C) groups is 1. The van der Waals surface area contributed by atoms with E-state index < -0.39 is 10.0 Å². The first-order valence-corrected chi connectivity index (χ1v) is 13.0. The van der Waals surface area contributed by atoms with Gasteiger partial charge in [0.2, 0.25) is 15.9 Å². The standard InChI is InChI=1S/C23H26Cl2N4O3S/c1-28(15-16-5-7-17(8-6-16)23-26-12-13-27-23)21(30)11-14-29(18-9-10-18)33(31,32)22-19(24)3-2-4-20(22)25/h2-8,18H,9-15H2,1H3,(H,26,27). The quantitative estimate of drug-likeness (QED) is 0.561. The zero-order chi connectivity index (χ0) is 23.6. The second-order valence-corrected chi connectivity index (χ2v) is 10.9. The van der Waals surface area contributed by atoms with E-state index in [4.69, 9.17) is 23.2 Å². The van der Waals surface area contributed by atoms with Crippen LogP contribution in [-0.4, -0.2) is 62.1 Å². The van der Waals surface area contributed by atoms with Gasteiger partial charge in [0, 0.05) is 44.7 Å². The molecule has 33 heavy (non-hydrogen) atoms. The van der Waals surface area contributed by atoms with Crippen LogP contribution in [-0.2, 0) is 21.4 Å². The number of hydrogen-bond acceptors (Lipinski definition) is 5. The lowest BCUT2D eigenvalue weighted by Crippen LogP contribution is -2.37. The smallest absolute Gasteiger partial charge is 0.246 e. The van der Waals surface area contributed by atoms with Crippen LogP contribution in [0, 0.1) is 0 Å². The lowest BCUT2D eigenvalue weighted by molar-refractivity contribution is -0.130. The van der Waals surface area contributed by atoms with Gasteiger partial charge in [-0.3, -0.25) is 9.79 Å². The Morgan fingerprint density at radius 1 is 1.12 bits per heavy atom. The van der Waals surface area contributed by atoms with Crippen LogP contribution >= 0.6 is 23.2 Å². The van der Waals surface area contributed by atoms with Crippen molar-refractivity contribution in [1.82, 2.24) is 14.5 Å². The third kappa shape index (κ3) is 5.51. The van der Waals surface area contributed by atoms with E-state index in [9.17, 15) is 13.2 Å². The number of carbonyl (C=O) groups is 1. The van der Waals surface area contributed by atoms with Crippen molar-refractivity contribution in [3.63, 3.8) is 0 Å². The zero-order valence-corrected chi connectivity index (χ0v) is 20.6. The summed E-state index contributed by atoms with van der Waals surface area (Å²) >= 11 is 12.3. The molecule has 0 aromatic heterocycles. The highest BCUT2D eigenvalue weighted by atomic mass is 35.5. The molecule has 1 saturated carbocycles. The van der Waals surface area contributed by atoms with E-state index >= 15 is 0 Å². The van der Waals surface area contributed by atoms with Crippen molar-refractivity contribution in [3.8, 4) is 0 Å². The number of nitrogens with zero attached hydrogens (tertiary/aromatic N) is 3. The van der Waals surface area contributed by atoms with Crippen LogP contribution in [0.4, 0.5) is 0 Å². The summed E-state index contributed by atoms with van der Waals surface area (Å²) in [5, 5.41) is 3.40. The molecule has 1 amide bonds. The molecule has 176 valence electrons. The molecule has 2 aromatic rings. The van der Waals surface area contributed by atoms with E-state index in [1.807, 2.05) is 24.3 Å². The molecule has 10 heteroatoms. The third-order valence-electron chi connectivity index (χ3n) is 5.73. The molecule has 0 bridgehead atoms. The number of amides is 1. The number of nitrogens with one attached hydrogen (secondary N) is 1. The van der Waals surface area contributed by atoms with E-state index in [1.165, 1.54) is 16.4 Å². The highest BCUT2D eigenvalue weighted by molar-refractivity contribution is 7.89. The van der Waals surface area contributed by atoms with Gasteiger partial charge in [0.25, 0.3) is 0 Å². The first-order valence-electron chi connectivity index (χ1n) is 10.8. The van der Waals surface area contributed by atoms with Gasteiger partial charge in [-0.2, -0.15) is 4.31 Å². The Kier molecular flexibility index (Phi) is 7.28. The lowest BCUT2D eigenvalue weighted by atomic mass is 10.1. The Hall–Kier alpha value is -2.13. The number of hydrogen-bond donors (Lipinski definition) is 1. The Morgan fingerprint density at radius 3 is 2.36 bits per heavy atom. The minimum absolute atomic E-state index is 0.0765. The Labute approximate surface area is 204 Å². The number of amidine groups is 1. The molecule has 0 saturated heterocycles. The van der Waals surface area contributed by atoms with Crippen LogP contribution in [0.2, 0.25) is 10.0 Å². The summed E-state index contributed by atoms with van der Waals surface area (Å²) < 4.78 is 27.9. The predicted molar refractivity (Wildman–Crippen MR) is 130 cm³/mol. The van der Waals surface area contributed by atoms with Crippen LogP contribution in [0.3, 0.4) is 0 Å². The minimum atomic E-state index is -3.91. The third-order valence-corrected chi connectivity index (χ3v) is 8.64. The molecule has 1 aliphatic carbocycles. The maximum atomic E-state index is 13.3. The molecule has 1 N–H and O–H groups in total. The monoisotopic (exact) mass is 508 g/mol. The molecule has 2 aliphatic rings. The average molecular weight is 509 g/mol.